The van der Waals surface area contributed by atoms with Crippen LogP contribution in [0, 0.1) is 5.82 Å². The van der Waals surface area contributed by atoms with E-state index in [1.807, 2.05) is 13.0 Å². The maximum Gasteiger partial charge on any atom is 0.191 e. The molecular formula is C17H22FN3OS. The molecule has 0 spiro atoms. The van der Waals surface area contributed by atoms with Crippen molar-refractivity contribution in [1.29, 1.82) is 0 Å². The number of hydrogen-bond acceptors (Lipinski definition) is 3. The van der Waals surface area contributed by atoms with E-state index in [0.29, 0.717) is 5.96 Å². The van der Waals surface area contributed by atoms with Gasteiger partial charge in [0.2, 0.25) is 0 Å². The number of nitrogens with one attached hydrogen (secondary N) is 2. The Kier molecular flexibility index (Phi) is 7.03. The number of aliphatic hydroxyl groups is 1. The Hall–Kier alpha value is -1.92. The van der Waals surface area contributed by atoms with Crippen LogP contribution >= 0.6 is 11.3 Å². The second-order valence-corrected chi connectivity index (χ2v) is 6.05. The van der Waals surface area contributed by atoms with Gasteiger partial charge in [-0.3, -0.25) is 4.99 Å². The van der Waals surface area contributed by atoms with Crippen LogP contribution < -0.4 is 10.6 Å². The molecule has 0 aliphatic carbocycles. The topological polar surface area (TPSA) is 56.7 Å². The molecule has 23 heavy (non-hydrogen) atoms. The van der Waals surface area contributed by atoms with Crippen molar-refractivity contribution in [3.63, 3.8) is 0 Å². The zero-order chi connectivity index (χ0) is 16.5. The first-order valence-corrected chi connectivity index (χ1v) is 8.55. The van der Waals surface area contributed by atoms with Gasteiger partial charge in [0, 0.05) is 23.5 Å². The third kappa shape index (κ3) is 5.65. The first-order valence-electron chi connectivity index (χ1n) is 7.67. The van der Waals surface area contributed by atoms with Crippen LogP contribution in [0.2, 0.25) is 0 Å². The zero-order valence-corrected chi connectivity index (χ0v) is 13.9. The summed E-state index contributed by atoms with van der Waals surface area (Å²) in [5.74, 6) is 0.213. The summed E-state index contributed by atoms with van der Waals surface area (Å²) in [4.78, 5) is 5.64. The zero-order valence-electron chi connectivity index (χ0n) is 13.1. The Morgan fingerprint density at radius 2 is 2.09 bits per heavy atom. The number of hydrogen-bond donors (Lipinski definition) is 3. The normalized spacial score (nSPS) is 12.9. The summed E-state index contributed by atoms with van der Waals surface area (Å²) < 4.78 is 13.6. The fourth-order valence-corrected chi connectivity index (χ4v) is 2.83. The number of guanidine groups is 1. The average molecular weight is 335 g/mol. The van der Waals surface area contributed by atoms with Crippen LogP contribution in [0.25, 0.3) is 0 Å². The van der Waals surface area contributed by atoms with Gasteiger partial charge in [0.15, 0.2) is 5.96 Å². The molecule has 0 saturated carbocycles. The van der Waals surface area contributed by atoms with E-state index in [2.05, 4.69) is 27.1 Å². The Labute approximate surface area is 140 Å². The smallest absolute Gasteiger partial charge is 0.191 e. The lowest BCUT2D eigenvalue weighted by Gasteiger charge is -2.13. The van der Waals surface area contributed by atoms with Gasteiger partial charge in [-0.25, -0.2) is 4.39 Å². The molecule has 6 heteroatoms. The Morgan fingerprint density at radius 3 is 2.78 bits per heavy atom. The monoisotopic (exact) mass is 335 g/mol. The van der Waals surface area contributed by atoms with Gasteiger partial charge >= 0.3 is 0 Å². The lowest BCUT2D eigenvalue weighted by molar-refractivity contribution is 0.182. The highest BCUT2D eigenvalue weighted by atomic mass is 32.1. The summed E-state index contributed by atoms with van der Waals surface area (Å²) in [6.45, 7) is 3.56. The van der Waals surface area contributed by atoms with Crippen LogP contribution in [0.4, 0.5) is 4.39 Å². The molecule has 1 heterocycles. The summed E-state index contributed by atoms with van der Waals surface area (Å²) in [6.07, 6.45) is -0.0400. The molecule has 1 unspecified atom stereocenters. The molecule has 0 saturated heterocycles. The quantitative estimate of drug-likeness (QED) is 0.539. The maximum atomic E-state index is 13.6. The van der Waals surface area contributed by atoms with Crippen LogP contribution in [0.1, 0.15) is 23.5 Å². The maximum absolute atomic E-state index is 13.6. The number of nitrogens with zero attached hydrogens (tertiary/aromatic N) is 1. The van der Waals surface area contributed by atoms with E-state index in [1.54, 1.807) is 29.5 Å². The molecule has 1 atom stereocenters. The van der Waals surface area contributed by atoms with Crippen molar-refractivity contribution >= 4 is 17.3 Å². The molecule has 2 aromatic rings. The number of thiophene rings is 1. The lowest BCUT2D eigenvalue weighted by Crippen LogP contribution is -2.38. The molecule has 0 aliphatic heterocycles. The Balaban J connectivity index is 1.88. The molecule has 0 fully saturated rings. The Morgan fingerprint density at radius 1 is 1.26 bits per heavy atom. The summed E-state index contributed by atoms with van der Waals surface area (Å²) in [7, 11) is 0. The van der Waals surface area contributed by atoms with Gasteiger partial charge in [-0.15, -0.1) is 11.3 Å². The lowest BCUT2D eigenvalue weighted by atomic mass is 10.1. The van der Waals surface area contributed by atoms with Gasteiger partial charge in [-0.1, -0.05) is 24.3 Å². The van der Waals surface area contributed by atoms with Gasteiger partial charge < -0.3 is 15.7 Å². The standard InChI is InChI=1S/C17H22FN3OS/c1-2-19-17(20-10-9-13-6-5-11-23-13)21-12-16(22)14-7-3-4-8-15(14)18/h3-8,11,16,22H,2,9-10,12H2,1H3,(H2,19,20,21). The fourth-order valence-electron chi connectivity index (χ4n) is 2.12. The number of benzene rings is 1. The molecule has 3 N–H and O–H groups in total. The molecule has 4 nitrogen and oxygen atoms in total. The van der Waals surface area contributed by atoms with Gasteiger partial charge in [0.1, 0.15) is 11.9 Å². The first kappa shape index (κ1) is 17.4. The molecule has 1 aromatic heterocycles. The summed E-state index contributed by atoms with van der Waals surface area (Å²) >= 11 is 1.72. The first-order chi connectivity index (χ1) is 11.2. The largest absolute Gasteiger partial charge is 0.386 e. The molecule has 124 valence electrons. The summed E-state index contributed by atoms with van der Waals surface area (Å²) in [6, 6.07) is 10.3. The van der Waals surface area contributed by atoms with Crippen molar-refractivity contribution in [2.45, 2.75) is 19.4 Å². The minimum atomic E-state index is -0.955. The van der Waals surface area contributed by atoms with E-state index in [0.717, 1.165) is 19.5 Å². The number of rotatable bonds is 7. The average Bonchev–Trinajstić information content (AvgIpc) is 3.06. The van der Waals surface area contributed by atoms with Crippen LogP contribution in [-0.4, -0.2) is 30.7 Å². The van der Waals surface area contributed by atoms with E-state index in [4.69, 9.17) is 0 Å². The van der Waals surface area contributed by atoms with Gasteiger partial charge in [0.05, 0.1) is 6.54 Å². The van der Waals surface area contributed by atoms with Crippen LogP contribution in [0.5, 0.6) is 0 Å². The minimum absolute atomic E-state index is 0.106. The number of aliphatic hydroxyl groups excluding tert-OH is 1. The second-order valence-electron chi connectivity index (χ2n) is 5.01. The van der Waals surface area contributed by atoms with E-state index in [9.17, 15) is 9.50 Å². The molecule has 2 rings (SSSR count). The molecular weight excluding hydrogens is 313 g/mol. The van der Waals surface area contributed by atoms with Crippen molar-refractivity contribution in [3.05, 3.63) is 58.0 Å². The van der Waals surface area contributed by atoms with Gasteiger partial charge in [-0.05, 0) is 30.9 Å². The van der Waals surface area contributed by atoms with E-state index in [-0.39, 0.29) is 12.1 Å². The van der Waals surface area contributed by atoms with Gasteiger partial charge in [-0.2, -0.15) is 0 Å². The molecule has 0 bridgehead atoms. The molecule has 0 amide bonds. The van der Waals surface area contributed by atoms with Crippen molar-refractivity contribution < 1.29 is 9.50 Å². The van der Waals surface area contributed by atoms with E-state index in [1.165, 1.54) is 10.9 Å². The number of aliphatic imine (C=N–C) groups is 1. The van der Waals surface area contributed by atoms with Crippen molar-refractivity contribution in [3.8, 4) is 0 Å². The highest BCUT2D eigenvalue weighted by Crippen LogP contribution is 2.16. The molecule has 1 aromatic carbocycles. The van der Waals surface area contributed by atoms with Crippen molar-refractivity contribution in [2.24, 2.45) is 4.99 Å². The van der Waals surface area contributed by atoms with Crippen molar-refractivity contribution in [1.82, 2.24) is 10.6 Å². The van der Waals surface area contributed by atoms with Crippen molar-refractivity contribution in [2.75, 3.05) is 19.6 Å². The third-order valence-corrected chi connectivity index (χ3v) is 4.21. The van der Waals surface area contributed by atoms with Crippen LogP contribution in [0.15, 0.2) is 46.8 Å². The summed E-state index contributed by atoms with van der Waals surface area (Å²) in [5.41, 5.74) is 0.269. The third-order valence-electron chi connectivity index (χ3n) is 3.27. The van der Waals surface area contributed by atoms with E-state index < -0.39 is 11.9 Å². The minimum Gasteiger partial charge on any atom is -0.386 e. The number of halogens is 1. The highest BCUT2D eigenvalue weighted by molar-refractivity contribution is 7.09. The second kappa shape index (κ2) is 9.27. The van der Waals surface area contributed by atoms with Crippen LogP contribution in [-0.2, 0) is 6.42 Å². The SMILES string of the molecule is CCNC(=NCC(O)c1ccccc1F)NCCc1cccs1. The predicted octanol–water partition coefficient (Wildman–Crippen LogP) is 2.72. The highest BCUT2D eigenvalue weighted by Gasteiger charge is 2.11. The predicted molar refractivity (Wildman–Crippen MR) is 93.4 cm³/mol. The van der Waals surface area contributed by atoms with Gasteiger partial charge in [0.25, 0.3) is 0 Å². The molecule has 0 radical (unpaired) electrons. The van der Waals surface area contributed by atoms with E-state index >= 15 is 0 Å². The molecule has 0 aliphatic rings. The Bertz CT molecular complexity index is 616. The van der Waals surface area contributed by atoms with Crippen LogP contribution in [0.3, 0.4) is 0 Å². The fraction of sp³-hybridized carbons (Fsp3) is 0.353. The summed E-state index contributed by atoms with van der Waals surface area (Å²) in [5, 5.41) is 18.5.